The Morgan fingerprint density at radius 3 is 2.86 bits per heavy atom. The fourth-order valence-electron chi connectivity index (χ4n) is 2.58. The maximum Gasteiger partial charge on any atom is 0.257 e. The van der Waals surface area contributed by atoms with Crippen molar-refractivity contribution in [1.29, 1.82) is 0 Å². The van der Waals surface area contributed by atoms with E-state index in [2.05, 4.69) is 5.10 Å². The van der Waals surface area contributed by atoms with Crippen molar-refractivity contribution in [1.82, 2.24) is 14.7 Å². The molecular formula is C15H16ClN3O2. The third-order valence-corrected chi connectivity index (χ3v) is 4.09. The lowest BCUT2D eigenvalue weighted by Crippen LogP contribution is -2.29. The fourth-order valence-corrected chi connectivity index (χ4v) is 2.80. The standard InChI is InChI=1S/C15H16ClN3O2/c1-10-12(15(21)18-7-6-11(20)9-18)8-17-19(10)14-5-3-2-4-13(14)16/h2-5,8,11,20H,6-7,9H2,1H3/t11-/m1/s1. The van der Waals surface area contributed by atoms with E-state index in [0.29, 0.717) is 30.1 Å². The summed E-state index contributed by atoms with van der Waals surface area (Å²) in [5.41, 5.74) is 2.04. The molecule has 110 valence electrons. The number of aromatic nitrogens is 2. The van der Waals surface area contributed by atoms with Gasteiger partial charge in [0.05, 0.1) is 34.3 Å². The molecule has 0 bridgehead atoms. The molecule has 0 aliphatic carbocycles. The molecule has 0 unspecified atom stereocenters. The third kappa shape index (κ3) is 2.54. The third-order valence-electron chi connectivity index (χ3n) is 3.77. The second-order valence-corrected chi connectivity index (χ2v) is 5.61. The van der Waals surface area contributed by atoms with Crippen LogP contribution in [-0.4, -0.2) is 44.9 Å². The Hall–Kier alpha value is -1.85. The zero-order valence-electron chi connectivity index (χ0n) is 11.7. The van der Waals surface area contributed by atoms with Crippen LogP contribution in [0.2, 0.25) is 5.02 Å². The molecule has 0 spiro atoms. The monoisotopic (exact) mass is 305 g/mol. The molecule has 1 amide bonds. The number of carbonyl (C=O) groups excluding carboxylic acids is 1. The van der Waals surface area contributed by atoms with E-state index >= 15 is 0 Å². The molecule has 21 heavy (non-hydrogen) atoms. The van der Waals surface area contributed by atoms with Crippen LogP contribution >= 0.6 is 11.6 Å². The van der Waals surface area contributed by atoms with E-state index in [9.17, 15) is 9.90 Å². The number of rotatable bonds is 2. The fraction of sp³-hybridized carbons (Fsp3) is 0.333. The number of para-hydroxylation sites is 1. The Balaban J connectivity index is 1.93. The summed E-state index contributed by atoms with van der Waals surface area (Å²) in [7, 11) is 0. The lowest BCUT2D eigenvalue weighted by Gasteiger charge is -2.15. The molecule has 0 saturated carbocycles. The van der Waals surface area contributed by atoms with Crippen LogP contribution in [0, 0.1) is 6.92 Å². The van der Waals surface area contributed by atoms with Crippen LogP contribution in [0.15, 0.2) is 30.5 Å². The number of nitrogens with zero attached hydrogens (tertiary/aromatic N) is 3. The molecule has 1 N–H and O–H groups in total. The molecule has 6 heteroatoms. The summed E-state index contributed by atoms with van der Waals surface area (Å²) >= 11 is 6.18. The quantitative estimate of drug-likeness (QED) is 0.923. The first-order valence-electron chi connectivity index (χ1n) is 6.85. The van der Waals surface area contributed by atoms with Crippen molar-refractivity contribution in [2.75, 3.05) is 13.1 Å². The van der Waals surface area contributed by atoms with Gasteiger partial charge in [0.25, 0.3) is 5.91 Å². The van der Waals surface area contributed by atoms with E-state index in [4.69, 9.17) is 11.6 Å². The summed E-state index contributed by atoms with van der Waals surface area (Å²) in [6, 6.07) is 7.37. The van der Waals surface area contributed by atoms with Gasteiger partial charge in [-0.2, -0.15) is 5.10 Å². The second kappa shape index (κ2) is 5.50. The molecule has 1 aliphatic rings. The van der Waals surface area contributed by atoms with Crippen molar-refractivity contribution in [2.45, 2.75) is 19.4 Å². The van der Waals surface area contributed by atoms with Crippen LogP contribution in [0.5, 0.6) is 0 Å². The van der Waals surface area contributed by atoms with Gasteiger partial charge in [-0.1, -0.05) is 23.7 Å². The molecule has 2 aromatic rings. The number of aliphatic hydroxyl groups excluding tert-OH is 1. The zero-order chi connectivity index (χ0) is 15.0. The molecule has 1 atom stereocenters. The Bertz CT molecular complexity index is 683. The van der Waals surface area contributed by atoms with Gasteiger partial charge in [-0.3, -0.25) is 4.79 Å². The SMILES string of the molecule is Cc1c(C(=O)N2CC[C@@H](O)C2)cnn1-c1ccccc1Cl. The summed E-state index contributed by atoms with van der Waals surface area (Å²) in [6.07, 6.45) is 1.77. The van der Waals surface area contributed by atoms with E-state index < -0.39 is 6.10 Å². The van der Waals surface area contributed by atoms with Crippen molar-refractivity contribution in [3.63, 3.8) is 0 Å². The number of hydrogen-bond donors (Lipinski definition) is 1. The normalized spacial score (nSPS) is 18.2. The van der Waals surface area contributed by atoms with Gasteiger partial charge >= 0.3 is 0 Å². The highest BCUT2D eigenvalue weighted by Gasteiger charge is 2.27. The molecule has 1 aliphatic heterocycles. The Morgan fingerprint density at radius 2 is 2.19 bits per heavy atom. The first-order chi connectivity index (χ1) is 10.1. The lowest BCUT2D eigenvalue weighted by atomic mass is 10.2. The number of likely N-dealkylation sites (tertiary alicyclic amines) is 1. The molecule has 2 heterocycles. The van der Waals surface area contributed by atoms with Gasteiger partial charge in [0.1, 0.15) is 0 Å². The van der Waals surface area contributed by atoms with E-state index in [1.54, 1.807) is 21.8 Å². The van der Waals surface area contributed by atoms with Crippen molar-refractivity contribution < 1.29 is 9.90 Å². The van der Waals surface area contributed by atoms with E-state index in [-0.39, 0.29) is 5.91 Å². The molecule has 1 saturated heterocycles. The van der Waals surface area contributed by atoms with Gasteiger partial charge in [-0.15, -0.1) is 0 Å². The van der Waals surface area contributed by atoms with Gasteiger partial charge in [-0.25, -0.2) is 4.68 Å². The molecular weight excluding hydrogens is 290 g/mol. The van der Waals surface area contributed by atoms with Crippen LogP contribution in [-0.2, 0) is 0 Å². The summed E-state index contributed by atoms with van der Waals surface area (Å²) in [5, 5.41) is 14.4. The average molecular weight is 306 g/mol. The van der Waals surface area contributed by atoms with Gasteiger partial charge in [0, 0.05) is 13.1 Å². The highest BCUT2D eigenvalue weighted by atomic mass is 35.5. The first-order valence-corrected chi connectivity index (χ1v) is 7.22. The first kappa shape index (κ1) is 14.1. The highest BCUT2D eigenvalue weighted by Crippen LogP contribution is 2.23. The molecule has 1 aromatic carbocycles. The summed E-state index contributed by atoms with van der Waals surface area (Å²) in [5.74, 6) is -0.0950. The minimum atomic E-state index is -0.423. The van der Waals surface area contributed by atoms with Gasteiger partial charge in [0.2, 0.25) is 0 Å². The topological polar surface area (TPSA) is 58.4 Å². The Kier molecular flexibility index (Phi) is 3.69. The number of aliphatic hydroxyl groups is 1. The maximum absolute atomic E-state index is 12.5. The van der Waals surface area contributed by atoms with Crippen molar-refractivity contribution >= 4 is 17.5 Å². The van der Waals surface area contributed by atoms with Crippen molar-refractivity contribution in [3.05, 3.63) is 46.7 Å². The van der Waals surface area contributed by atoms with Crippen LogP contribution in [0.3, 0.4) is 0 Å². The number of carbonyl (C=O) groups is 1. The van der Waals surface area contributed by atoms with E-state index in [1.165, 1.54) is 0 Å². The predicted molar refractivity (Wildman–Crippen MR) is 79.8 cm³/mol. The van der Waals surface area contributed by atoms with Crippen LogP contribution in [0.1, 0.15) is 22.5 Å². The van der Waals surface area contributed by atoms with Crippen molar-refractivity contribution in [3.8, 4) is 5.69 Å². The predicted octanol–water partition coefficient (Wildman–Crippen LogP) is 2.04. The lowest BCUT2D eigenvalue weighted by molar-refractivity contribution is 0.0764. The number of amides is 1. The smallest absolute Gasteiger partial charge is 0.257 e. The summed E-state index contributed by atoms with van der Waals surface area (Å²) in [6.45, 7) is 2.81. The molecule has 5 nitrogen and oxygen atoms in total. The Labute approximate surface area is 127 Å². The number of β-amino-alcohol motifs (C(OH)–C–C–N with tert-alkyl or cyclic N) is 1. The summed E-state index contributed by atoms with van der Waals surface area (Å²) < 4.78 is 1.67. The zero-order valence-corrected chi connectivity index (χ0v) is 12.4. The van der Waals surface area contributed by atoms with E-state index in [1.807, 2.05) is 25.1 Å². The van der Waals surface area contributed by atoms with Gasteiger partial charge < -0.3 is 10.0 Å². The minimum Gasteiger partial charge on any atom is -0.391 e. The number of benzene rings is 1. The average Bonchev–Trinajstić information content (AvgIpc) is 3.05. The van der Waals surface area contributed by atoms with Gasteiger partial charge in [0.15, 0.2) is 0 Å². The Morgan fingerprint density at radius 1 is 1.43 bits per heavy atom. The largest absolute Gasteiger partial charge is 0.391 e. The molecule has 3 rings (SSSR count). The maximum atomic E-state index is 12.5. The number of halogens is 1. The molecule has 1 aromatic heterocycles. The molecule has 0 radical (unpaired) electrons. The van der Waals surface area contributed by atoms with Gasteiger partial charge in [-0.05, 0) is 25.5 Å². The second-order valence-electron chi connectivity index (χ2n) is 5.20. The highest BCUT2D eigenvalue weighted by molar-refractivity contribution is 6.32. The van der Waals surface area contributed by atoms with Crippen LogP contribution in [0.25, 0.3) is 5.69 Å². The summed E-state index contributed by atoms with van der Waals surface area (Å²) in [4.78, 5) is 14.1. The van der Waals surface area contributed by atoms with Crippen LogP contribution < -0.4 is 0 Å². The number of hydrogen-bond acceptors (Lipinski definition) is 3. The van der Waals surface area contributed by atoms with Crippen LogP contribution in [0.4, 0.5) is 0 Å². The van der Waals surface area contributed by atoms with E-state index in [0.717, 1.165) is 11.4 Å². The van der Waals surface area contributed by atoms with Crippen molar-refractivity contribution in [2.24, 2.45) is 0 Å². The molecule has 1 fully saturated rings. The minimum absolute atomic E-state index is 0.0950.